The third-order valence-electron chi connectivity index (χ3n) is 8.22. The van der Waals surface area contributed by atoms with E-state index in [4.69, 9.17) is 4.74 Å². The molecule has 3 aliphatic heterocycles. The summed E-state index contributed by atoms with van der Waals surface area (Å²) in [5, 5.41) is 14.5. The molecule has 3 aromatic rings. The Morgan fingerprint density at radius 2 is 1.70 bits per heavy atom. The number of morpholine rings is 1. The molecule has 0 bridgehead atoms. The van der Waals surface area contributed by atoms with Crippen molar-refractivity contribution < 1.29 is 31.9 Å². The van der Waals surface area contributed by atoms with Crippen LogP contribution in [0.1, 0.15) is 22.3 Å². The number of carbonyl (C=O) groups excluding carboxylic acids is 2. The topological polar surface area (TPSA) is 89.2 Å². The fourth-order valence-electron chi connectivity index (χ4n) is 6.29. The number of anilines is 2. The van der Waals surface area contributed by atoms with Crippen LogP contribution in [0.15, 0.2) is 71.8 Å². The summed E-state index contributed by atoms with van der Waals surface area (Å²) in [5.41, 5.74) is -1.05. The molecule has 0 radical (unpaired) electrons. The number of nitrogens with zero attached hydrogens (tertiary/aromatic N) is 5. The summed E-state index contributed by atoms with van der Waals surface area (Å²) in [6.07, 6.45) is -4.14. The molecular formula is C31H25F4N5O3. The predicted octanol–water partition coefficient (Wildman–Crippen LogP) is 5.00. The molecule has 3 aromatic carbocycles. The highest BCUT2D eigenvalue weighted by atomic mass is 19.4. The molecule has 2 atom stereocenters. The maximum absolute atomic E-state index is 14.7. The van der Waals surface area contributed by atoms with Crippen molar-refractivity contribution in [1.29, 1.82) is 5.26 Å². The summed E-state index contributed by atoms with van der Waals surface area (Å²) >= 11 is 0. The monoisotopic (exact) mass is 591 g/mol. The number of rotatable bonds is 5. The van der Waals surface area contributed by atoms with Gasteiger partial charge in [0.1, 0.15) is 17.6 Å². The first-order valence-electron chi connectivity index (χ1n) is 13.6. The summed E-state index contributed by atoms with van der Waals surface area (Å²) in [7, 11) is 0. The number of halogens is 4. The fourth-order valence-corrected chi connectivity index (χ4v) is 6.29. The van der Waals surface area contributed by atoms with Gasteiger partial charge in [-0.2, -0.15) is 23.5 Å². The van der Waals surface area contributed by atoms with Gasteiger partial charge in [0.05, 0.1) is 30.4 Å². The van der Waals surface area contributed by atoms with Crippen LogP contribution in [-0.4, -0.2) is 67.5 Å². The van der Waals surface area contributed by atoms with Crippen LogP contribution in [0, 0.1) is 23.1 Å². The molecule has 0 aliphatic carbocycles. The molecule has 3 heterocycles. The maximum atomic E-state index is 14.7. The average Bonchev–Trinajstić information content (AvgIpc) is 3.40. The molecule has 3 aliphatic rings. The fraction of sp³-hybridized carbons (Fsp3) is 0.290. The Morgan fingerprint density at radius 1 is 1.00 bits per heavy atom. The molecule has 0 N–H and O–H groups in total. The van der Waals surface area contributed by atoms with E-state index < -0.39 is 35.2 Å². The van der Waals surface area contributed by atoms with E-state index in [9.17, 15) is 32.4 Å². The standard InChI is InChI=1S/C31H25F4N5O3/c32-27-10-9-24(17-22(27)18-36)40-30(38-13-15-43-16-14-38)26(28(37-40)31(33,34)35)11-12-39(29(30)42)23-7-5-20(6-8-23)25-4-2-1-3-21(25)19-41/h1-10,17,19,26H,11-16H2/t26-,30+/m0/s1. The van der Waals surface area contributed by atoms with E-state index >= 15 is 0 Å². The zero-order chi connectivity index (χ0) is 30.4. The number of aldehydes is 1. The van der Waals surface area contributed by atoms with E-state index in [-0.39, 0.29) is 50.5 Å². The van der Waals surface area contributed by atoms with Gasteiger partial charge >= 0.3 is 6.18 Å². The van der Waals surface area contributed by atoms with Crippen LogP contribution in [0.2, 0.25) is 0 Å². The van der Waals surface area contributed by atoms with E-state index in [1.165, 1.54) is 11.0 Å². The van der Waals surface area contributed by atoms with Gasteiger partial charge in [-0.3, -0.25) is 14.5 Å². The van der Waals surface area contributed by atoms with Gasteiger partial charge in [0.25, 0.3) is 5.91 Å². The quantitative estimate of drug-likeness (QED) is 0.307. The molecule has 220 valence electrons. The van der Waals surface area contributed by atoms with E-state index in [1.54, 1.807) is 59.5 Å². The number of ether oxygens (including phenoxy) is 1. The van der Waals surface area contributed by atoms with Crippen molar-refractivity contribution in [2.45, 2.75) is 18.3 Å². The minimum Gasteiger partial charge on any atom is -0.379 e. The number of fused-ring (bicyclic) bond motifs is 1. The molecule has 0 spiro atoms. The molecule has 43 heavy (non-hydrogen) atoms. The van der Waals surface area contributed by atoms with Crippen molar-refractivity contribution in [2.75, 3.05) is 42.8 Å². The smallest absolute Gasteiger partial charge is 0.379 e. The van der Waals surface area contributed by atoms with Crippen LogP contribution in [-0.2, 0) is 9.53 Å². The van der Waals surface area contributed by atoms with Crippen LogP contribution >= 0.6 is 0 Å². The summed E-state index contributed by atoms with van der Waals surface area (Å²) in [4.78, 5) is 29.4. The lowest BCUT2D eigenvalue weighted by Gasteiger charge is -2.53. The Labute approximate surface area is 244 Å². The second kappa shape index (κ2) is 10.9. The lowest BCUT2D eigenvalue weighted by atomic mass is 9.79. The van der Waals surface area contributed by atoms with Crippen molar-refractivity contribution in [3.63, 3.8) is 0 Å². The number of hydrogen-bond acceptors (Lipinski definition) is 7. The Balaban J connectivity index is 1.48. The first-order chi connectivity index (χ1) is 20.7. The van der Waals surface area contributed by atoms with Crippen LogP contribution in [0.4, 0.5) is 28.9 Å². The Morgan fingerprint density at radius 3 is 2.37 bits per heavy atom. The van der Waals surface area contributed by atoms with E-state index in [0.29, 0.717) is 16.8 Å². The molecule has 12 heteroatoms. The van der Waals surface area contributed by atoms with Crippen LogP contribution < -0.4 is 9.91 Å². The van der Waals surface area contributed by atoms with Crippen molar-refractivity contribution >= 4 is 29.3 Å². The molecule has 2 fully saturated rings. The zero-order valence-electron chi connectivity index (χ0n) is 22.7. The van der Waals surface area contributed by atoms with E-state index in [0.717, 1.165) is 29.0 Å². The van der Waals surface area contributed by atoms with Crippen LogP contribution in [0.5, 0.6) is 0 Å². The minimum atomic E-state index is -4.84. The van der Waals surface area contributed by atoms with E-state index in [1.807, 2.05) is 0 Å². The first kappa shape index (κ1) is 28.5. The summed E-state index contributed by atoms with van der Waals surface area (Å²) in [6.45, 7) is 0.681. The highest BCUT2D eigenvalue weighted by Crippen LogP contribution is 2.49. The highest BCUT2D eigenvalue weighted by Gasteiger charge is 2.68. The van der Waals surface area contributed by atoms with Crippen molar-refractivity contribution in [1.82, 2.24) is 4.90 Å². The Kier molecular flexibility index (Phi) is 7.23. The van der Waals surface area contributed by atoms with Gasteiger partial charge in [0.15, 0.2) is 6.29 Å². The number of carbonyl (C=O) groups is 2. The molecule has 6 rings (SSSR count). The first-order valence-corrected chi connectivity index (χ1v) is 13.6. The largest absolute Gasteiger partial charge is 0.431 e. The number of alkyl halides is 3. The number of nitriles is 1. The molecule has 8 nitrogen and oxygen atoms in total. The molecule has 2 saturated heterocycles. The summed E-state index contributed by atoms with van der Waals surface area (Å²) in [5.74, 6) is -2.82. The number of amides is 1. The average molecular weight is 592 g/mol. The number of hydrogen-bond donors (Lipinski definition) is 0. The van der Waals surface area contributed by atoms with Gasteiger partial charge in [-0.25, -0.2) is 9.40 Å². The van der Waals surface area contributed by atoms with E-state index in [2.05, 4.69) is 5.10 Å². The van der Waals surface area contributed by atoms with Crippen molar-refractivity contribution in [3.05, 3.63) is 83.7 Å². The Hall–Kier alpha value is -4.60. The van der Waals surface area contributed by atoms with Gasteiger partial charge in [0.2, 0.25) is 5.66 Å². The van der Waals surface area contributed by atoms with Crippen molar-refractivity contribution in [3.8, 4) is 17.2 Å². The third kappa shape index (κ3) is 4.65. The Bertz CT molecular complexity index is 1650. The second-order valence-corrected chi connectivity index (χ2v) is 10.4. The van der Waals surface area contributed by atoms with Gasteiger partial charge < -0.3 is 9.64 Å². The molecular weight excluding hydrogens is 566 g/mol. The van der Waals surface area contributed by atoms with Crippen molar-refractivity contribution in [2.24, 2.45) is 11.0 Å². The van der Waals surface area contributed by atoms with Gasteiger partial charge in [0, 0.05) is 30.9 Å². The normalized spacial score (nSPS) is 22.6. The molecule has 1 amide bonds. The number of piperidine rings is 1. The molecule has 0 unspecified atom stereocenters. The zero-order valence-corrected chi connectivity index (χ0v) is 22.7. The number of benzene rings is 3. The lowest BCUT2D eigenvalue weighted by molar-refractivity contribution is -0.139. The predicted molar refractivity (Wildman–Crippen MR) is 150 cm³/mol. The molecule has 0 aromatic heterocycles. The van der Waals surface area contributed by atoms with Gasteiger partial charge in [-0.1, -0.05) is 36.4 Å². The van der Waals surface area contributed by atoms with Gasteiger partial charge in [-0.05, 0) is 47.9 Å². The lowest BCUT2D eigenvalue weighted by Crippen LogP contribution is -2.74. The maximum Gasteiger partial charge on any atom is 0.431 e. The SMILES string of the molecule is N#Cc1cc(N2N=C(C(F)(F)F)[C@@H]3CCN(c4ccc(-c5ccccc5C=O)cc4)C(=O)[C@@]32N2CCOCC2)ccc1F. The van der Waals surface area contributed by atoms with Gasteiger partial charge in [-0.15, -0.1) is 0 Å². The van der Waals surface area contributed by atoms with Crippen LogP contribution in [0.3, 0.4) is 0 Å². The second-order valence-electron chi connectivity index (χ2n) is 10.4. The highest BCUT2D eigenvalue weighted by molar-refractivity contribution is 6.11. The molecule has 0 saturated carbocycles. The number of hydrazone groups is 1. The third-order valence-corrected chi connectivity index (χ3v) is 8.22. The summed E-state index contributed by atoms with van der Waals surface area (Å²) < 4.78 is 63.3. The summed E-state index contributed by atoms with van der Waals surface area (Å²) in [6, 6.07) is 19.0. The minimum absolute atomic E-state index is 0.00430. The van der Waals surface area contributed by atoms with Crippen LogP contribution in [0.25, 0.3) is 11.1 Å².